The van der Waals surface area contributed by atoms with Crippen LogP contribution in [-0.2, 0) is 11.2 Å². The van der Waals surface area contributed by atoms with E-state index >= 15 is 0 Å². The quantitative estimate of drug-likeness (QED) is 0.264. The summed E-state index contributed by atoms with van der Waals surface area (Å²) in [5.41, 5.74) is 6.37. The molecule has 8 heteroatoms. The van der Waals surface area contributed by atoms with Crippen molar-refractivity contribution in [3.8, 4) is 16.8 Å². The number of benzene rings is 1. The Morgan fingerprint density at radius 1 is 1.21 bits per heavy atom. The van der Waals surface area contributed by atoms with Gasteiger partial charge < -0.3 is 0 Å². The fourth-order valence-electron chi connectivity index (χ4n) is 5.02. The van der Waals surface area contributed by atoms with Crippen LogP contribution < -0.4 is 26.5 Å². The number of carbonyl (C=O) groups excluding carboxylic acids is 1. The monoisotopic (exact) mass is 638 g/mol. The van der Waals surface area contributed by atoms with E-state index in [-0.39, 0.29) is 33.2 Å². The van der Waals surface area contributed by atoms with Crippen molar-refractivity contribution in [2.24, 2.45) is 0 Å². The number of carbonyl (C=O) groups is 1. The minimum absolute atomic E-state index is 0.0300. The Bertz CT molecular complexity index is 1470. The summed E-state index contributed by atoms with van der Waals surface area (Å²) in [6.07, 6.45) is 6.25. The molecule has 3 aromatic rings. The molecular weight excluding hydrogens is 605 g/mol. The normalized spacial score (nSPS) is 18.8. The van der Waals surface area contributed by atoms with Crippen molar-refractivity contribution >= 4 is 17.2 Å². The second-order valence-corrected chi connectivity index (χ2v) is 13.3. The fourth-order valence-corrected chi connectivity index (χ4v) is 8.16. The smallest absolute Gasteiger partial charge is 0.0568 e. The Balaban J connectivity index is 1.50. The third kappa shape index (κ3) is 5.24. The van der Waals surface area contributed by atoms with Crippen molar-refractivity contribution in [3.05, 3.63) is 84.9 Å². The SMILES string of the molecule is CCc1ccc(C2c3c(sc(C)c3C)-n3c(C)nnc3C(C#CC(=O)NCCC3=C[I-]CC=C3)N2C)cc1. The van der Waals surface area contributed by atoms with E-state index in [1.165, 1.54) is 37.1 Å². The zero-order valence-electron chi connectivity index (χ0n) is 22.5. The minimum atomic E-state index is -0.397. The van der Waals surface area contributed by atoms with Crippen molar-refractivity contribution in [2.45, 2.75) is 52.6 Å². The number of allylic oxidation sites excluding steroid dienone is 2. The third-order valence-electron chi connectivity index (χ3n) is 7.25. The number of thiophene rings is 1. The summed E-state index contributed by atoms with van der Waals surface area (Å²) in [4.78, 5) is 16.3. The number of hydrogen-bond donors (Lipinski definition) is 1. The summed E-state index contributed by atoms with van der Waals surface area (Å²) in [6.45, 7) is 9.12. The van der Waals surface area contributed by atoms with Crippen molar-refractivity contribution in [1.82, 2.24) is 25.0 Å². The van der Waals surface area contributed by atoms with E-state index in [1.54, 1.807) is 11.3 Å². The molecule has 0 saturated carbocycles. The van der Waals surface area contributed by atoms with Gasteiger partial charge in [-0.3, -0.25) is 0 Å². The summed E-state index contributed by atoms with van der Waals surface area (Å²) < 4.78 is 5.69. The van der Waals surface area contributed by atoms with Gasteiger partial charge in [0.15, 0.2) is 0 Å². The maximum Gasteiger partial charge on any atom is -0.0568 e. The molecule has 5 rings (SSSR count). The first kappa shape index (κ1) is 26.9. The van der Waals surface area contributed by atoms with Crippen LogP contribution in [0.4, 0.5) is 0 Å². The van der Waals surface area contributed by atoms with Gasteiger partial charge in [0.1, 0.15) is 0 Å². The zero-order chi connectivity index (χ0) is 26.8. The predicted octanol–water partition coefficient (Wildman–Crippen LogP) is 1.94. The number of nitrogens with zero attached hydrogens (tertiary/aromatic N) is 4. The van der Waals surface area contributed by atoms with Gasteiger partial charge in [0, 0.05) is 4.88 Å². The Labute approximate surface area is 239 Å². The van der Waals surface area contributed by atoms with E-state index < -0.39 is 6.04 Å². The molecule has 6 nitrogen and oxygen atoms in total. The van der Waals surface area contributed by atoms with E-state index in [9.17, 15) is 4.79 Å². The summed E-state index contributed by atoms with van der Waals surface area (Å²) in [7, 11) is 2.08. The largest absolute Gasteiger partial charge is 0.0587 e. The van der Waals surface area contributed by atoms with Crippen LogP contribution in [0.3, 0.4) is 0 Å². The van der Waals surface area contributed by atoms with Crippen LogP contribution in [0.2, 0.25) is 0 Å². The van der Waals surface area contributed by atoms with Gasteiger partial charge in [-0.1, -0.05) is 31.2 Å². The standard InChI is InChI=1S/C30H33IN5OS/c1-6-22-9-11-24(12-10-22)28-27-19(2)20(3)38-30(27)36-21(4)33-34-29(36)25(35(28)5)13-14-26(37)32-17-15-23-8-7-16-31-18-23/h7-12,18,25,28H,6,15-17H2,1-5H3,(H,32,37)/q-1. The molecule has 2 atom stereocenters. The molecule has 2 aromatic heterocycles. The summed E-state index contributed by atoms with van der Waals surface area (Å²) in [5, 5.41) is 13.1. The molecule has 38 heavy (non-hydrogen) atoms. The Morgan fingerprint density at radius 3 is 2.71 bits per heavy atom. The van der Waals surface area contributed by atoms with Crippen LogP contribution in [0.5, 0.6) is 0 Å². The first-order valence-corrected chi connectivity index (χ1v) is 16.5. The van der Waals surface area contributed by atoms with Gasteiger partial charge in [0.25, 0.3) is 0 Å². The minimum Gasteiger partial charge on any atom is -0.0587 e. The maximum atomic E-state index is 12.8. The number of alkyl halides is 1. The fraction of sp³-hybridized carbons (Fsp3) is 0.367. The molecule has 0 bridgehead atoms. The van der Waals surface area contributed by atoms with Gasteiger partial charge in [-0.15, -0.1) is 11.3 Å². The molecule has 1 aromatic carbocycles. The van der Waals surface area contributed by atoms with Gasteiger partial charge in [0.05, 0.1) is 0 Å². The second kappa shape index (κ2) is 11.6. The molecule has 198 valence electrons. The van der Waals surface area contributed by atoms with Crippen molar-refractivity contribution in [2.75, 3.05) is 18.0 Å². The first-order chi connectivity index (χ1) is 18.4. The van der Waals surface area contributed by atoms with Gasteiger partial charge in [-0.2, -0.15) is 0 Å². The number of hydrogen-bond acceptors (Lipinski definition) is 5. The molecule has 4 heterocycles. The number of fused-ring (bicyclic) bond motifs is 3. The van der Waals surface area contributed by atoms with Crippen molar-refractivity contribution in [3.63, 3.8) is 0 Å². The molecule has 0 radical (unpaired) electrons. The number of aryl methyl sites for hydroxylation is 3. The van der Waals surface area contributed by atoms with E-state index in [1.807, 2.05) is 6.92 Å². The van der Waals surface area contributed by atoms with Crippen LogP contribution in [0, 0.1) is 32.6 Å². The molecule has 2 aliphatic heterocycles. The average molecular weight is 639 g/mol. The first-order valence-electron chi connectivity index (χ1n) is 12.9. The summed E-state index contributed by atoms with van der Waals surface area (Å²) >= 11 is 1.91. The van der Waals surface area contributed by atoms with Gasteiger partial charge in [0.2, 0.25) is 0 Å². The molecular formula is C30H33IN5OS-. The van der Waals surface area contributed by atoms with Crippen LogP contribution in [-0.4, -0.2) is 43.6 Å². The van der Waals surface area contributed by atoms with E-state index in [2.05, 4.69) is 105 Å². The van der Waals surface area contributed by atoms with Gasteiger partial charge >= 0.3 is 155 Å². The Hall–Kier alpha value is -2.74. The Morgan fingerprint density at radius 2 is 2.00 bits per heavy atom. The molecule has 1 N–H and O–H groups in total. The summed E-state index contributed by atoms with van der Waals surface area (Å²) in [6, 6.07) is 8.44. The van der Waals surface area contributed by atoms with E-state index in [4.69, 9.17) is 0 Å². The summed E-state index contributed by atoms with van der Waals surface area (Å²) in [5.74, 6) is 7.47. The second-order valence-electron chi connectivity index (χ2n) is 9.68. The molecule has 0 saturated heterocycles. The van der Waals surface area contributed by atoms with Crippen LogP contribution in [0.15, 0.2) is 46.1 Å². The van der Waals surface area contributed by atoms with Crippen LogP contribution >= 0.6 is 11.3 Å². The third-order valence-corrected chi connectivity index (χ3v) is 10.7. The van der Waals surface area contributed by atoms with E-state index in [0.717, 1.165) is 29.5 Å². The Kier molecular flexibility index (Phi) is 8.17. The van der Waals surface area contributed by atoms with Crippen molar-refractivity contribution < 1.29 is 26.0 Å². The van der Waals surface area contributed by atoms with Gasteiger partial charge in [-0.25, -0.2) is 0 Å². The topological polar surface area (TPSA) is 63.1 Å². The molecule has 0 aliphatic carbocycles. The van der Waals surface area contributed by atoms with Gasteiger partial charge in [-0.05, 0) is 38.3 Å². The molecule has 0 spiro atoms. The molecule has 0 fully saturated rings. The predicted molar refractivity (Wildman–Crippen MR) is 149 cm³/mol. The molecule has 2 aliphatic rings. The van der Waals surface area contributed by atoms with Crippen LogP contribution in [0.1, 0.15) is 64.2 Å². The number of aromatic nitrogens is 3. The van der Waals surface area contributed by atoms with Crippen molar-refractivity contribution in [1.29, 1.82) is 0 Å². The average Bonchev–Trinajstić information content (AvgIpc) is 3.41. The maximum absolute atomic E-state index is 12.8. The van der Waals surface area contributed by atoms with Crippen LogP contribution in [0.25, 0.3) is 5.00 Å². The number of nitrogens with one attached hydrogen (secondary N) is 1. The number of rotatable bonds is 5. The zero-order valence-corrected chi connectivity index (χ0v) is 25.5. The number of amides is 1. The molecule has 2 unspecified atom stereocenters. The van der Waals surface area contributed by atoms with E-state index in [0.29, 0.717) is 6.54 Å². The molecule has 1 amide bonds. The number of halogens is 1.